The summed E-state index contributed by atoms with van der Waals surface area (Å²) in [4.78, 5) is 22.6. The standard InChI is InChI=1S/C13H22FNO4/c1-12(2,3)19-11(18)15-9-4-6-13(8-14,7-5-9)10(16)17/h9H,4-8H2,1-3H3,(H,15,18)(H,16,17). The second kappa shape index (κ2) is 5.75. The number of hydrogen-bond acceptors (Lipinski definition) is 3. The molecule has 1 aliphatic rings. The molecule has 1 amide bonds. The highest BCUT2D eigenvalue weighted by Crippen LogP contribution is 2.37. The van der Waals surface area contributed by atoms with Gasteiger partial charge in [-0.1, -0.05) is 0 Å². The van der Waals surface area contributed by atoms with E-state index in [0.29, 0.717) is 12.8 Å². The summed E-state index contributed by atoms with van der Waals surface area (Å²) in [5.41, 5.74) is -1.84. The van der Waals surface area contributed by atoms with E-state index in [2.05, 4.69) is 5.32 Å². The van der Waals surface area contributed by atoms with Gasteiger partial charge < -0.3 is 15.2 Å². The number of carboxylic acid groups (broad SMARTS) is 1. The van der Waals surface area contributed by atoms with Crippen LogP contribution in [-0.4, -0.2) is 35.5 Å². The molecule has 0 bridgehead atoms. The normalized spacial score (nSPS) is 27.7. The Morgan fingerprint density at radius 3 is 2.26 bits per heavy atom. The van der Waals surface area contributed by atoms with Crippen molar-refractivity contribution in [3.05, 3.63) is 0 Å². The minimum absolute atomic E-state index is 0.145. The average Bonchev–Trinajstić information content (AvgIpc) is 2.27. The second-order valence-electron chi connectivity index (χ2n) is 6.14. The maximum atomic E-state index is 12.9. The third-order valence-corrected chi connectivity index (χ3v) is 3.37. The zero-order valence-electron chi connectivity index (χ0n) is 11.7. The van der Waals surface area contributed by atoms with Gasteiger partial charge in [0.2, 0.25) is 0 Å². The highest BCUT2D eigenvalue weighted by molar-refractivity contribution is 5.75. The van der Waals surface area contributed by atoms with Crippen LogP contribution in [0.3, 0.4) is 0 Å². The largest absolute Gasteiger partial charge is 0.481 e. The lowest BCUT2D eigenvalue weighted by Gasteiger charge is -2.35. The van der Waals surface area contributed by atoms with Gasteiger partial charge in [-0.3, -0.25) is 4.79 Å². The smallest absolute Gasteiger partial charge is 0.407 e. The molecule has 0 aliphatic heterocycles. The Balaban J connectivity index is 2.46. The van der Waals surface area contributed by atoms with E-state index in [1.807, 2.05) is 0 Å². The molecule has 0 atom stereocenters. The first-order chi connectivity index (χ1) is 8.68. The summed E-state index contributed by atoms with van der Waals surface area (Å²) in [6.07, 6.45) is 0.865. The number of carbonyl (C=O) groups excluding carboxylic acids is 1. The van der Waals surface area contributed by atoms with Crippen LogP contribution in [0.15, 0.2) is 0 Å². The van der Waals surface area contributed by atoms with E-state index in [1.54, 1.807) is 20.8 Å². The Kier molecular flexibility index (Phi) is 4.76. The molecule has 1 saturated carbocycles. The first-order valence-electron chi connectivity index (χ1n) is 6.47. The molecule has 19 heavy (non-hydrogen) atoms. The predicted octanol–water partition coefficient (Wildman–Crippen LogP) is 2.49. The van der Waals surface area contributed by atoms with Crippen LogP contribution in [0.5, 0.6) is 0 Å². The van der Waals surface area contributed by atoms with Crippen LogP contribution in [0.4, 0.5) is 9.18 Å². The fourth-order valence-corrected chi connectivity index (χ4v) is 2.19. The van der Waals surface area contributed by atoms with Crippen LogP contribution in [0.1, 0.15) is 46.5 Å². The molecule has 0 aromatic heterocycles. The van der Waals surface area contributed by atoms with Crippen molar-refractivity contribution in [3.8, 4) is 0 Å². The van der Waals surface area contributed by atoms with Gasteiger partial charge in [0.05, 0.1) is 5.41 Å². The lowest BCUT2D eigenvalue weighted by molar-refractivity contribution is -0.152. The van der Waals surface area contributed by atoms with Gasteiger partial charge in [-0.2, -0.15) is 0 Å². The summed E-state index contributed by atoms with van der Waals surface area (Å²) in [7, 11) is 0. The summed E-state index contributed by atoms with van der Waals surface area (Å²) in [6, 6.07) is -0.145. The van der Waals surface area contributed by atoms with E-state index in [9.17, 15) is 14.0 Å². The molecule has 0 unspecified atom stereocenters. The van der Waals surface area contributed by atoms with E-state index in [0.717, 1.165) is 0 Å². The number of carboxylic acids is 1. The molecule has 1 aliphatic carbocycles. The lowest BCUT2D eigenvalue weighted by atomic mass is 9.73. The highest BCUT2D eigenvalue weighted by Gasteiger charge is 2.42. The number of amides is 1. The average molecular weight is 275 g/mol. The Morgan fingerprint density at radius 1 is 1.37 bits per heavy atom. The monoisotopic (exact) mass is 275 g/mol. The van der Waals surface area contributed by atoms with Crippen LogP contribution in [0.25, 0.3) is 0 Å². The van der Waals surface area contributed by atoms with Crippen LogP contribution >= 0.6 is 0 Å². The predicted molar refractivity (Wildman–Crippen MR) is 67.7 cm³/mol. The molecule has 0 saturated heterocycles. The van der Waals surface area contributed by atoms with Crippen molar-refractivity contribution < 1.29 is 23.8 Å². The maximum absolute atomic E-state index is 12.9. The summed E-state index contributed by atoms with van der Waals surface area (Å²) >= 11 is 0. The molecule has 1 rings (SSSR count). The first-order valence-corrected chi connectivity index (χ1v) is 6.47. The molecule has 1 fully saturated rings. The SMILES string of the molecule is CC(C)(C)OC(=O)NC1CCC(CF)(C(=O)O)CC1. The molecule has 5 nitrogen and oxygen atoms in total. The van der Waals surface area contributed by atoms with Crippen molar-refractivity contribution in [3.63, 3.8) is 0 Å². The van der Waals surface area contributed by atoms with Gasteiger partial charge in [-0.15, -0.1) is 0 Å². The number of halogens is 1. The second-order valence-corrected chi connectivity index (χ2v) is 6.14. The van der Waals surface area contributed by atoms with Crippen LogP contribution in [0.2, 0.25) is 0 Å². The number of aliphatic carboxylic acids is 1. The van der Waals surface area contributed by atoms with Gasteiger partial charge >= 0.3 is 12.1 Å². The minimum Gasteiger partial charge on any atom is -0.481 e. The molecule has 0 aromatic carbocycles. The number of alkyl carbamates (subject to hydrolysis) is 1. The van der Waals surface area contributed by atoms with Gasteiger partial charge in [0.1, 0.15) is 12.3 Å². The number of hydrogen-bond donors (Lipinski definition) is 2. The van der Waals surface area contributed by atoms with Crippen molar-refractivity contribution in [2.45, 2.75) is 58.1 Å². The maximum Gasteiger partial charge on any atom is 0.407 e. The van der Waals surface area contributed by atoms with E-state index in [4.69, 9.17) is 9.84 Å². The van der Waals surface area contributed by atoms with Gasteiger partial charge in [0.25, 0.3) is 0 Å². The lowest BCUT2D eigenvalue weighted by Crippen LogP contribution is -2.45. The first kappa shape index (κ1) is 15.7. The van der Waals surface area contributed by atoms with E-state index in [1.165, 1.54) is 0 Å². The third-order valence-electron chi connectivity index (χ3n) is 3.37. The van der Waals surface area contributed by atoms with Gasteiger partial charge in [-0.05, 0) is 46.5 Å². The molecular formula is C13H22FNO4. The van der Waals surface area contributed by atoms with Crippen molar-refractivity contribution in [2.24, 2.45) is 5.41 Å². The van der Waals surface area contributed by atoms with Crippen LogP contribution in [0, 0.1) is 5.41 Å². The van der Waals surface area contributed by atoms with Crippen molar-refractivity contribution in [1.82, 2.24) is 5.32 Å². The summed E-state index contributed by atoms with van der Waals surface area (Å²) < 4.78 is 18.0. The van der Waals surface area contributed by atoms with Crippen molar-refractivity contribution in [1.29, 1.82) is 0 Å². The Bertz CT molecular complexity index is 343. The fourth-order valence-electron chi connectivity index (χ4n) is 2.19. The molecule has 0 heterocycles. The molecule has 6 heteroatoms. The van der Waals surface area contributed by atoms with E-state index in [-0.39, 0.29) is 18.9 Å². The van der Waals surface area contributed by atoms with E-state index < -0.39 is 29.8 Å². The van der Waals surface area contributed by atoms with Gasteiger partial charge in [0, 0.05) is 6.04 Å². The summed E-state index contributed by atoms with van der Waals surface area (Å²) in [6.45, 7) is 4.45. The number of alkyl halides is 1. The minimum atomic E-state index is -1.27. The number of rotatable bonds is 3. The van der Waals surface area contributed by atoms with E-state index >= 15 is 0 Å². The summed E-state index contributed by atoms with van der Waals surface area (Å²) in [5.74, 6) is -1.09. The number of carbonyl (C=O) groups is 2. The van der Waals surface area contributed by atoms with Crippen LogP contribution < -0.4 is 5.32 Å². The van der Waals surface area contributed by atoms with Crippen molar-refractivity contribution in [2.75, 3.05) is 6.67 Å². The fraction of sp³-hybridized carbons (Fsp3) is 0.846. The van der Waals surface area contributed by atoms with Crippen LogP contribution in [-0.2, 0) is 9.53 Å². The number of nitrogens with one attached hydrogen (secondary N) is 1. The molecule has 0 spiro atoms. The highest BCUT2D eigenvalue weighted by atomic mass is 19.1. The molecular weight excluding hydrogens is 253 g/mol. The Labute approximate surface area is 112 Å². The molecule has 0 aromatic rings. The van der Waals surface area contributed by atoms with Gasteiger partial charge in [0.15, 0.2) is 0 Å². The Hall–Kier alpha value is -1.33. The number of ether oxygens (including phenoxy) is 1. The zero-order valence-corrected chi connectivity index (χ0v) is 11.7. The topological polar surface area (TPSA) is 75.6 Å². The third kappa shape index (κ3) is 4.36. The molecule has 0 radical (unpaired) electrons. The molecule has 110 valence electrons. The quantitative estimate of drug-likeness (QED) is 0.829. The Morgan fingerprint density at radius 2 is 1.89 bits per heavy atom. The summed E-state index contributed by atoms with van der Waals surface area (Å²) in [5, 5.41) is 11.8. The van der Waals surface area contributed by atoms with Crippen molar-refractivity contribution >= 4 is 12.1 Å². The zero-order chi connectivity index (χ0) is 14.7. The molecule has 2 N–H and O–H groups in total. The van der Waals surface area contributed by atoms with Gasteiger partial charge in [-0.25, -0.2) is 9.18 Å².